The van der Waals surface area contributed by atoms with E-state index in [2.05, 4.69) is 21.0 Å². The average molecular weight is 243 g/mol. The van der Waals surface area contributed by atoms with E-state index in [9.17, 15) is 0 Å². The minimum Gasteiger partial charge on any atom is -0.384 e. The quantitative estimate of drug-likeness (QED) is 0.871. The zero-order chi connectivity index (χ0) is 12.5. The van der Waals surface area contributed by atoms with Crippen LogP contribution in [-0.4, -0.2) is 27.9 Å². The van der Waals surface area contributed by atoms with Gasteiger partial charge in [0, 0.05) is 38.0 Å². The second-order valence-electron chi connectivity index (χ2n) is 4.65. The molecule has 0 aliphatic carbocycles. The van der Waals surface area contributed by atoms with Crippen LogP contribution in [0.4, 0.5) is 11.6 Å². The summed E-state index contributed by atoms with van der Waals surface area (Å²) in [6.07, 6.45) is 4.31. The van der Waals surface area contributed by atoms with E-state index in [4.69, 9.17) is 5.73 Å². The summed E-state index contributed by atoms with van der Waals surface area (Å²) in [5.41, 5.74) is 7.80. The molecule has 3 heterocycles. The molecule has 0 spiro atoms. The van der Waals surface area contributed by atoms with E-state index in [0.717, 1.165) is 30.2 Å². The molecular weight excluding hydrogens is 226 g/mol. The second kappa shape index (κ2) is 4.33. The van der Waals surface area contributed by atoms with Crippen molar-refractivity contribution in [2.24, 2.45) is 7.05 Å². The predicted octanol–water partition coefficient (Wildman–Crippen LogP) is 1.66. The first-order valence-electron chi connectivity index (χ1n) is 6.25. The van der Waals surface area contributed by atoms with Gasteiger partial charge in [-0.1, -0.05) is 0 Å². The van der Waals surface area contributed by atoms with Crippen molar-refractivity contribution >= 4 is 11.6 Å². The van der Waals surface area contributed by atoms with E-state index in [1.54, 1.807) is 4.68 Å². The van der Waals surface area contributed by atoms with Crippen LogP contribution in [0, 0.1) is 0 Å². The Morgan fingerprint density at radius 2 is 2.06 bits per heavy atom. The first-order valence-corrected chi connectivity index (χ1v) is 6.25. The number of rotatable bonds is 2. The SMILES string of the molecule is Cn1nc(-c2cccnc2N2CCCC2)cc1N. The van der Waals surface area contributed by atoms with Crippen LogP contribution in [0.3, 0.4) is 0 Å². The third-order valence-corrected chi connectivity index (χ3v) is 3.38. The van der Waals surface area contributed by atoms with Crippen LogP contribution in [0.5, 0.6) is 0 Å². The molecule has 0 aromatic carbocycles. The molecule has 2 N–H and O–H groups in total. The van der Waals surface area contributed by atoms with Gasteiger partial charge in [0.15, 0.2) is 0 Å². The van der Waals surface area contributed by atoms with Crippen LogP contribution in [0.2, 0.25) is 0 Å². The number of pyridine rings is 1. The molecule has 3 rings (SSSR count). The lowest BCUT2D eigenvalue weighted by Crippen LogP contribution is -2.19. The van der Waals surface area contributed by atoms with Gasteiger partial charge in [-0.25, -0.2) is 4.98 Å². The van der Waals surface area contributed by atoms with E-state index >= 15 is 0 Å². The van der Waals surface area contributed by atoms with Gasteiger partial charge in [0.05, 0.1) is 5.69 Å². The zero-order valence-electron chi connectivity index (χ0n) is 10.5. The number of nitrogens with zero attached hydrogens (tertiary/aromatic N) is 4. The van der Waals surface area contributed by atoms with Crippen LogP contribution >= 0.6 is 0 Å². The van der Waals surface area contributed by atoms with Gasteiger partial charge < -0.3 is 10.6 Å². The van der Waals surface area contributed by atoms with Gasteiger partial charge in [0.1, 0.15) is 11.6 Å². The van der Waals surface area contributed by atoms with Crippen molar-refractivity contribution in [1.29, 1.82) is 0 Å². The Hall–Kier alpha value is -2.04. The Kier molecular flexibility index (Phi) is 2.66. The van der Waals surface area contributed by atoms with Gasteiger partial charge in [0.2, 0.25) is 0 Å². The maximum atomic E-state index is 5.85. The number of hydrogen-bond donors (Lipinski definition) is 1. The van der Waals surface area contributed by atoms with Crippen molar-refractivity contribution in [2.75, 3.05) is 23.7 Å². The fourth-order valence-corrected chi connectivity index (χ4v) is 2.39. The van der Waals surface area contributed by atoms with Gasteiger partial charge in [-0.05, 0) is 25.0 Å². The molecule has 1 aliphatic heterocycles. The first-order chi connectivity index (χ1) is 8.75. The van der Waals surface area contributed by atoms with Crippen molar-refractivity contribution in [3.8, 4) is 11.3 Å². The lowest BCUT2D eigenvalue weighted by molar-refractivity contribution is 0.782. The molecule has 94 valence electrons. The lowest BCUT2D eigenvalue weighted by atomic mass is 10.2. The highest BCUT2D eigenvalue weighted by Crippen LogP contribution is 2.30. The topological polar surface area (TPSA) is 60.0 Å². The highest BCUT2D eigenvalue weighted by molar-refractivity contribution is 5.74. The van der Waals surface area contributed by atoms with Gasteiger partial charge in [0.25, 0.3) is 0 Å². The van der Waals surface area contributed by atoms with E-state index in [0.29, 0.717) is 5.82 Å². The number of nitrogens with two attached hydrogens (primary N) is 1. The Morgan fingerprint density at radius 1 is 1.28 bits per heavy atom. The molecule has 5 heteroatoms. The standard InChI is InChI=1S/C13H17N5/c1-17-12(14)9-11(16-17)10-5-4-6-15-13(10)18-7-2-3-8-18/h4-6,9H,2-3,7-8,14H2,1H3. The van der Waals surface area contributed by atoms with E-state index in [-0.39, 0.29) is 0 Å². The number of hydrogen-bond acceptors (Lipinski definition) is 4. The smallest absolute Gasteiger partial charge is 0.138 e. The predicted molar refractivity (Wildman–Crippen MR) is 72.3 cm³/mol. The summed E-state index contributed by atoms with van der Waals surface area (Å²) in [5, 5.41) is 4.44. The summed E-state index contributed by atoms with van der Waals surface area (Å²) in [6.45, 7) is 2.15. The van der Waals surface area contributed by atoms with Crippen LogP contribution in [0.25, 0.3) is 11.3 Å². The van der Waals surface area contributed by atoms with Crippen molar-refractivity contribution in [3.05, 3.63) is 24.4 Å². The lowest BCUT2D eigenvalue weighted by Gasteiger charge is -2.18. The summed E-state index contributed by atoms with van der Waals surface area (Å²) in [6, 6.07) is 5.90. The van der Waals surface area contributed by atoms with E-state index in [1.807, 2.05) is 25.4 Å². The molecule has 1 fully saturated rings. The number of anilines is 2. The Bertz CT molecular complexity index is 535. The average Bonchev–Trinajstić information content (AvgIpc) is 3.01. The third-order valence-electron chi connectivity index (χ3n) is 3.38. The van der Waals surface area contributed by atoms with Gasteiger partial charge in [-0.2, -0.15) is 5.10 Å². The fourth-order valence-electron chi connectivity index (χ4n) is 2.39. The monoisotopic (exact) mass is 243 g/mol. The van der Waals surface area contributed by atoms with Crippen LogP contribution in [0.1, 0.15) is 12.8 Å². The number of aryl methyl sites for hydroxylation is 1. The molecule has 0 saturated carbocycles. The minimum absolute atomic E-state index is 0.668. The molecule has 0 atom stereocenters. The largest absolute Gasteiger partial charge is 0.384 e. The van der Waals surface area contributed by atoms with Crippen molar-refractivity contribution in [1.82, 2.24) is 14.8 Å². The first kappa shape index (κ1) is 11.1. The Labute approximate surface area is 106 Å². The normalized spacial score (nSPS) is 15.3. The summed E-state index contributed by atoms with van der Waals surface area (Å²) in [5.74, 6) is 1.69. The molecule has 18 heavy (non-hydrogen) atoms. The molecule has 2 aromatic heterocycles. The fraction of sp³-hybridized carbons (Fsp3) is 0.385. The number of aromatic nitrogens is 3. The maximum Gasteiger partial charge on any atom is 0.138 e. The van der Waals surface area contributed by atoms with Crippen molar-refractivity contribution in [2.45, 2.75) is 12.8 Å². The minimum atomic E-state index is 0.668. The number of nitrogen functional groups attached to an aromatic ring is 1. The van der Waals surface area contributed by atoms with Crippen LogP contribution in [-0.2, 0) is 7.05 Å². The summed E-state index contributed by atoms with van der Waals surface area (Å²) < 4.78 is 1.69. The third kappa shape index (κ3) is 1.81. The van der Waals surface area contributed by atoms with Crippen molar-refractivity contribution in [3.63, 3.8) is 0 Å². The Morgan fingerprint density at radius 3 is 2.72 bits per heavy atom. The summed E-state index contributed by atoms with van der Waals surface area (Å²) in [7, 11) is 1.85. The molecule has 0 unspecified atom stereocenters. The van der Waals surface area contributed by atoms with E-state index in [1.165, 1.54) is 12.8 Å². The molecule has 0 radical (unpaired) electrons. The molecule has 1 aliphatic rings. The highest BCUT2D eigenvalue weighted by atomic mass is 15.3. The molecule has 5 nitrogen and oxygen atoms in total. The molecule has 1 saturated heterocycles. The van der Waals surface area contributed by atoms with E-state index < -0.39 is 0 Å². The summed E-state index contributed by atoms with van der Waals surface area (Å²) in [4.78, 5) is 6.83. The summed E-state index contributed by atoms with van der Waals surface area (Å²) >= 11 is 0. The van der Waals surface area contributed by atoms with Crippen LogP contribution < -0.4 is 10.6 Å². The second-order valence-corrected chi connectivity index (χ2v) is 4.65. The highest BCUT2D eigenvalue weighted by Gasteiger charge is 2.19. The van der Waals surface area contributed by atoms with Gasteiger partial charge >= 0.3 is 0 Å². The van der Waals surface area contributed by atoms with Crippen LogP contribution in [0.15, 0.2) is 24.4 Å². The zero-order valence-corrected chi connectivity index (χ0v) is 10.5. The molecule has 0 bridgehead atoms. The molecular formula is C13H17N5. The van der Waals surface area contributed by atoms with Gasteiger partial charge in [-0.3, -0.25) is 4.68 Å². The van der Waals surface area contributed by atoms with Crippen molar-refractivity contribution < 1.29 is 0 Å². The molecule has 0 amide bonds. The Balaban J connectivity index is 2.05. The van der Waals surface area contributed by atoms with Gasteiger partial charge in [-0.15, -0.1) is 0 Å². The molecule has 2 aromatic rings. The maximum absolute atomic E-state index is 5.85.